The summed E-state index contributed by atoms with van der Waals surface area (Å²) in [5.41, 5.74) is 2.94. The van der Waals surface area contributed by atoms with Gasteiger partial charge in [-0.2, -0.15) is 0 Å². The topological polar surface area (TPSA) is 81.3 Å². The molecule has 40 heavy (non-hydrogen) atoms. The minimum absolute atomic E-state index is 0.804. The van der Waals surface area contributed by atoms with Crippen molar-refractivity contribution in [2.45, 2.75) is 19.3 Å². The van der Waals surface area contributed by atoms with Crippen LogP contribution in [0.5, 0.6) is 0 Å². The van der Waals surface area contributed by atoms with Crippen molar-refractivity contribution < 1.29 is 13.3 Å². The van der Waals surface area contributed by atoms with Crippen LogP contribution < -0.4 is 0 Å². The maximum Gasteiger partial charge on any atom is 0.135 e. The zero-order valence-corrected chi connectivity index (χ0v) is 22.1. The lowest BCUT2D eigenvalue weighted by Crippen LogP contribution is -2.30. The Morgan fingerprint density at radius 3 is 1.10 bits per heavy atom. The van der Waals surface area contributed by atoms with Crippen molar-refractivity contribution in [1.29, 1.82) is 0 Å². The highest BCUT2D eigenvalue weighted by Crippen LogP contribution is 2.24. The molecule has 6 aromatic rings. The Morgan fingerprint density at radius 2 is 0.800 bits per heavy atom. The molecular weight excluding hydrogens is 500 g/mol. The first-order valence-corrected chi connectivity index (χ1v) is 13.5. The van der Waals surface area contributed by atoms with Crippen LogP contribution in [0.1, 0.15) is 17.3 Å². The van der Waals surface area contributed by atoms with Gasteiger partial charge in [-0.05, 0) is 72.8 Å². The molecule has 6 aromatic heterocycles. The summed E-state index contributed by atoms with van der Waals surface area (Å²) in [4.78, 5) is 15.0. The average Bonchev–Trinajstić information content (AvgIpc) is 3.80. The fraction of sp³-hybridized carbons (Fsp3) is 0.182. The van der Waals surface area contributed by atoms with Gasteiger partial charge in [0.1, 0.15) is 34.6 Å². The molecule has 0 aromatic carbocycles. The summed E-state index contributed by atoms with van der Waals surface area (Å²) >= 11 is 0. The fourth-order valence-electron chi connectivity index (χ4n) is 4.67. The zero-order chi connectivity index (χ0) is 27.0. The van der Waals surface area contributed by atoms with Crippen molar-refractivity contribution in [3.63, 3.8) is 0 Å². The van der Waals surface area contributed by atoms with Crippen LogP contribution in [0, 0.1) is 0 Å². The number of aromatic nitrogens is 3. The highest BCUT2D eigenvalue weighted by atomic mass is 16.3. The lowest BCUT2D eigenvalue weighted by atomic mass is 10.2. The predicted molar refractivity (Wildman–Crippen MR) is 153 cm³/mol. The van der Waals surface area contributed by atoms with E-state index in [0.29, 0.717) is 0 Å². The molecule has 0 bridgehead atoms. The monoisotopic (exact) mass is 530 g/mol. The normalized spacial score (nSPS) is 11.3. The maximum absolute atomic E-state index is 6.13. The summed E-state index contributed by atoms with van der Waals surface area (Å²) in [5, 5.41) is 0. The molecule has 0 spiro atoms. The Balaban J connectivity index is 1.11. The second-order valence-electron chi connectivity index (χ2n) is 9.61. The minimum Gasteiger partial charge on any atom is -0.461 e. The molecule has 7 heteroatoms. The van der Waals surface area contributed by atoms with Gasteiger partial charge in [-0.1, -0.05) is 0 Å². The molecule has 0 N–H and O–H groups in total. The Hall–Kier alpha value is -4.75. The number of pyridine rings is 3. The Morgan fingerprint density at radius 1 is 0.450 bits per heavy atom. The van der Waals surface area contributed by atoms with Crippen LogP contribution in [0.2, 0.25) is 0 Å². The summed E-state index contributed by atoms with van der Waals surface area (Å²) in [7, 11) is 0. The van der Waals surface area contributed by atoms with Gasteiger partial charge >= 0.3 is 0 Å². The molecule has 0 aliphatic carbocycles. The van der Waals surface area contributed by atoms with Gasteiger partial charge in [0.15, 0.2) is 0 Å². The quantitative estimate of drug-likeness (QED) is 0.169. The molecule has 0 aliphatic heterocycles. The first-order chi connectivity index (χ1) is 19.8. The van der Waals surface area contributed by atoms with Crippen molar-refractivity contribution >= 4 is 0 Å². The Labute approximate surface area is 233 Å². The summed E-state index contributed by atoms with van der Waals surface area (Å²) in [6, 6.07) is 24.0. The van der Waals surface area contributed by atoms with E-state index in [1.54, 1.807) is 18.6 Å². The molecule has 7 nitrogen and oxygen atoms in total. The van der Waals surface area contributed by atoms with Gasteiger partial charge in [0.2, 0.25) is 0 Å². The summed E-state index contributed by atoms with van der Waals surface area (Å²) < 4.78 is 18.4. The van der Waals surface area contributed by atoms with E-state index in [4.69, 9.17) is 13.3 Å². The number of rotatable bonds is 12. The van der Waals surface area contributed by atoms with Crippen molar-refractivity contribution in [2.75, 3.05) is 19.6 Å². The second kappa shape index (κ2) is 12.4. The molecule has 0 saturated carbocycles. The summed E-state index contributed by atoms with van der Waals surface area (Å²) in [6.45, 7) is 2.56. The number of hydrogen-bond donors (Lipinski definition) is 0. The summed E-state index contributed by atoms with van der Waals surface area (Å²) in [5.74, 6) is 5.39. The highest BCUT2D eigenvalue weighted by molar-refractivity contribution is 5.57. The highest BCUT2D eigenvalue weighted by Gasteiger charge is 2.13. The van der Waals surface area contributed by atoms with Crippen LogP contribution in [0.3, 0.4) is 0 Å². The molecular formula is C33H30N4O3. The third kappa shape index (κ3) is 6.45. The molecule has 0 amide bonds. The smallest absolute Gasteiger partial charge is 0.135 e. The van der Waals surface area contributed by atoms with Crippen molar-refractivity contribution in [3.05, 3.63) is 127 Å². The van der Waals surface area contributed by atoms with E-state index in [1.807, 2.05) is 73.2 Å². The zero-order valence-electron chi connectivity index (χ0n) is 22.1. The number of hydrogen-bond acceptors (Lipinski definition) is 7. The van der Waals surface area contributed by atoms with E-state index in [2.05, 4.69) is 38.1 Å². The van der Waals surface area contributed by atoms with Crippen LogP contribution in [0.15, 0.2) is 123 Å². The second-order valence-corrected chi connectivity index (χ2v) is 9.61. The van der Waals surface area contributed by atoms with E-state index < -0.39 is 0 Å². The van der Waals surface area contributed by atoms with Gasteiger partial charge in [-0.15, -0.1) is 0 Å². The summed E-state index contributed by atoms with van der Waals surface area (Å²) in [6.07, 6.45) is 13.2. The fourth-order valence-corrected chi connectivity index (χ4v) is 4.67. The van der Waals surface area contributed by atoms with Gasteiger partial charge in [-0.25, -0.2) is 0 Å². The molecule has 6 heterocycles. The van der Waals surface area contributed by atoms with Crippen LogP contribution in [-0.4, -0.2) is 39.5 Å². The van der Waals surface area contributed by atoms with Gasteiger partial charge in [-0.3, -0.25) is 15.0 Å². The van der Waals surface area contributed by atoms with E-state index in [0.717, 1.165) is 90.1 Å². The molecule has 0 atom stereocenters. The standard InChI is InChI=1S/C33H30N4O3/c1-4-25(22-34-16-1)31-10-7-28(38-31)13-19-37(20-14-29-8-11-32(39-29)26-5-2-17-35-23-26)21-15-30-9-12-33(40-30)27-6-3-18-36-24-27/h1-12,16-18,22-24H,13-15,19-21H2. The van der Waals surface area contributed by atoms with E-state index >= 15 is 0 Å². The molecule has 6 rings (SSSR count). The first-order valence-electron chi connectivity index (χ1n) is 13.5. The SMILES string of the molecule is c1cncc(-c2ccc(CCN(CCc3ccc(-c4cccnc4)o3)CCc3ccc(-c4cccnc4)o3)o2)c1. The average molecular weight is 531 g/mol. The lowest BCUT2D eigenvalue weighted by Gasteiger charge is -2.21. The molecule has 0 aliphatic rings. The lowest BCUT2D eigenvalue weighted by molar-refractivity contribution is 0.265. The van der Waals surface area contributed by atoms with E-state index in [9.17, 15) is 0 Å². The molecule has 0 unspecified atom stereocenters. The third-order valence-corrected chi connectivity index (χ3v) is 6.85. The largest absolute Gasteiger partial charge is 0.461 e. The molecule has 0 radical (unpaired) electrons. The van der Waals surface area contributed by atoms with Gasteiger partial charge in [0.25, 0.3) is 0 Å². The first kappa shape index (κ1) is 25.5. The Bertz CT molecular complexity index is 1410. The van der Waals surface area contributed by atoms with Gasteiger partial charge < -0.3 is 18.2 Å². The third-order valence-electron chi connectivity index (χ3n) is 6.85. The van der Waals surface area contributed by atoms with Crippen LogP contribution in [0.4, 0.5) is 0 Å². The number of nitrogens with zero attached hydrogens (tertiary/aromatic N) is 4. The van der Waals surface area contributed by atoms with Crippen LogP contribution >= 0.6 is 0 Å². The maximum atomic E-state index is 6.13. The van der Waals surface area contributed by atoms with E-state index in [-0.39, 0.29) is 0 Å². The predicted octanol–water partition coefficient (Wildman–Crippen LogP) is 6.98. The van der Waals surface area contributed by atoms with Gasteiger partial charge in [0, 0.05) is 92.8 Å². The van der Waals surface area contributed by atoms with Crippen LogP contribution in [-0.2, 0) is 19.3 Å². The van der Waals surface area contributed by atoms with E-state index in [1.165, 1.54) is 0 Å². The van der Waals surface area contributed by atoms with Gasteiger partial charge in [0.05, 0.1) is 0 Å². The van der Waals surface area contributed by atoms with Crippen molar-refractivity contribution in [2.24, 2.45) is 0 Å². The van der Waals surface area contributed by atoms with Crippen molar-refractivity contribution in [3.8, 4) is 34.0 Å². The Kier molecular flexibility index (Phi) is 7.92. The minimum atomic E-state index is 0.804. The molecule has 0 fully saturated rings. The number of furan rings is 3. The molecule has 200 valence electrons. The van der Waals surface area contributed by atoms with Crippen LogP contribution in [0.25, 0.3) is 34.0 Å². The molecule has 0 saturated heterocycles. The van der Waals surface area contributed by atoms with Crippen molar-refractivity contribution in [1.82, 2.24) is 19.9 Å².